The summed E-state index contributed by atoms with van der Waals surface area (Å²) >= 11 is 0. The molecule has 6 aliphatic rings. The van der Waals surface area contributed by atoms with E-state index >= 15 is 0 Å². The number of pyridine rings is 1. The lowest BCUT2D eigenvalue weighted by atomic mass is 9.49. The van der Waals surface area contributed by atoms with Gasteiger partial charge in [-0.2, -0.15) is 0 Å². The van der Waals surface area contributed by atoms with Gasteiger partial charge in [-0.3, -0.25) is 14.6 Å². The number of aromatic nitrogens is 1. The molecule has 0 radical (unpaired) electrons. The van der Waals surface area contributed by atoms with E-state index < -0.39 is 0 Å². The largest absolute Gasteiger partial charge is 0.376 e. The van der Waals surface area contributed by atoms with E-state index in [-0.39, 0.29) is 23.3 Å². The van der Waals surface area contributed by atoms with Crippen LogP contribution in [0.1, 0.15) is 48.9 Å². The van der Waals surface area contributed by atoms with Crippen molar-refractivity contribution >= 4 is 11.8 Å². The van der Waals surface area contributed by atoms with Gasteiger partial charge >= 0.3 is 0 Å². The molecule has 4 bridgehead atoms. The molecule has 4 saturated carbocycles. The SMILES string of the molecule is O=C(NC[C@H]1CO[C@@H]2CN(C(=O)C34CC5CC(CC(C5)C3)C4)C[C@H]12)c1ccncc1. The topological polar surface area (TPSA) is 71.5 Å². The van der Waals surface area contributed by atoms with Crippen LogP contribution in [0.4, 0.5) is 0 Å². The van der Waals surface area contributed by atoms with Gasteiger partial charge in [0, 0.05) is 49.4 Å². The predicted octanol–water partition coefficient (Wildman–Crippen LogP) is 2.50. The standard InChI is InChI=1S/C24H31N3O3/c28-22(18-1-3-25-4-2-18)26-11-19-14-30-21-13-27(12-20(19)21)23(29)24-8-15-5-16(9-24)7-17(6-15)10-24/h1-4,15-17,19-21H,5-14H2,(H,26,28)/t15?,16?,17?,19-,20+,21+,24?/m0/s1. The molecule has 3 heterocycles. The molecule has 6 fully saturated rings. The highest BCUT2D eigenvalue weighted by Gasteiger charge is 2.57. The summed E-state index contributed by atoms with van der Waals surface area (Å²) in [6, 6.07) is 3.45. The average Bonchev–Trinajstić information content (AvgIpc) is 3.32. The Hall–Kier alpha value is -1.95. The van der Waals surface area contributed by atoms with Crippen LogP contribution in [-0.2, 0) is 9.53 Å². The first-order valence-corrected chi connectivity index (χ1v) is 11.7. The molecule has 3 atom stereocenters. The van der Waals surface area contributed by atoms with Crippen molar-refractivity contribution in [2.45, 2.75) is 44.6 Å². The van der Waals surface area contributed by atoms with Crippen LogP contribution in [0.5, 0.6) is 0 Å². The van der Waals surface area contributed by atoms with Crippen LogP contribution < -0.4 is 5.32 Å². The fourth-order valence-corrected chi connectivity index (χ4v) is 7.71. The van der Waals surface area contributed by atoms with Gasteiger partial charge in [-0.15, -0.1) is 0 Å². The molecule has 1 aromatic heterocycles. The van der Waals surface area contributed by atoms with E-state index in [0.29, 0.717) is 30.5 Å². The maximum absolute atomic E-state index is 13.7. The van der Waals surface area contributed by atoms with Crippen LogP contribution in [-0.4, -0.2) is 54.0 Å². The average molecular weight is 410 g/mol. The number of nitrogens with one attached hydrogen (secondary N) is 1. The third kappa shape index (κ3) is 3.06. The van der Waals surface area contributed by atoms with Crippen LogP contribution in [0, 0.1) is 35.0 Å². The summed E-state index contributed by atoms with van der Waals surface area (Å²) in [5.74, 6) is 3.31. The number of rotatable bonds is 4. The van der Waals surface area contributed by atoms with Gasteiger partial charge < -0.3 is 15.0 Å². The number of ether oxygens (including phenoxy) is 1. The van der Waals surface area contributed by atoms with E-state index in [1.54, 1.807) is 24.5 Å². The molecule has 6 nitrogen and oxygen atoms in total. The highest BCUT2D eigenvalue weighted by Crippen LogP contribution is 2.60. The predicted molar refractivity (Wildman–Crippen MR) is 110 cm³/mol. The molecule has 1 N–H and O–H groups in total. The fraction of sp³-hybridized carbons (Fsp3) is 0.708. The van der Waals surface area contributed by atoms with Crippen LogP contribution in [0.3, 0.4) is 0 Å². The van der Waals surface area contributed by atoms with Gasteiger partial charge in [-0.05, 0) is 68.4 Å². The van der Waals surface area contributed by atoms with E-state index in [2.05, 4.69) is 15.2 Å². The second kappa shape index (κ2) is 7.04. The highest BCUT2D eigenvalue weighted by atomic mass is 16.5. The van der Waals surface area contributed by atoms with Crippen molar-refractivity contribution in [1.82, 2.24) is 15.2 Å². The highest BCUT2D eigenvalue weighted by molar-refractivity contribution is 5.93. The lowest BCUT2D eigenvalue weighted by molar-refractivity contribution is -0.157. The van der Waals surface area contributed by atoms with Crippen molar-refractivity contribution < 1.29 is 14.3 Å². The molecule has 2 aliphatic heterocycles. The van der Waals surface area contributed by atoms with Crippen molar-refractivity contribution in [2.24, 2.45) is 35.0 Å². The minimum atomic E-state index is -0.0710. The number of likely N-dealkylation sites (tertiary alicyclic amines) is 1. The molecule has 1 aromatic rings. The molecule has 6 heteroatoms. The van der Waals surface area contributed by atoms with E-state index in [4.69, 9.17) is 4.74 Å². The number of hydrogen-bond acceptors (Lipinski definition) is 4. The van der Waals surface area contributed by atoms with Crippen LogP contribution >= 0.6 is 0 Å². The second-order valence-corrected chi connectivity index (χ2v) is 10.6. The minimum Gasteiger partial charge on any atom is -0.376 e. The van der Waals surface area contributed by atoms with E-state index in [1.807, 2.05) is 0 Å². The van der Waals surface area contributed by atoms with E-state index in [0.717, 1.165) is 50.1 Å². The molecular formula is C24H31N3O3. The number of nitrogens with zero attached hydrogens (tertiary/aromatic N) is 2. The van der Waals surface area contributed by atoms with Gasteiger partial charge in [-0.1, -0.05) is 0 Å². The molecule has 7 rings (SSSR count). The monoisotopic (exact) mass is 409 g/mol. The molecule has 2 saturated heterocycles. The Bertz CT molecular complexity index is 806. The maximum Gasteiger partial charge on any atom is 0.251 e. The van der Waals surface area contributed by atoms with Gasteiger partial charge in [0.05, 0.1) is 18.1 Å². The molecule has 4 aliphatic carbocycles. The number of hydrogen-bond donors (Lipinski definition) is 1. The zero-order valence-electron chi connectivity index (χ0n) is 17.5. The van der Waals surface area contributed by atoms with Crippen molar-refractivity contribution in [3.63, 3.8) is 0 Å². The Labute approximate surface area is 177 Å². The smallest absolute Gasteiger partial charge is 0.251 e. The summed E-state index contributed by atoms with van der Waals surface area (Å²) in [5.41, 5.74) is 0.559. The molecule has 30 heavy (non-hydrogen) atoms. The molecule has 160 valence electrons. The number of carbonyl (C=O) groups is 2. The summed E-state index contributed by atoms with van der Waals surface area (Å²) in [7, 11) is 0. The second-order valence-electron chi connectivity index (χ2n) is 10.6. The molecule has 0 unspecified atom stereocenters. The third-order valence-corrected chi connectivity index (χ3v) is 8.69. The van der Waals surface area contributed by atoms with Crippen LogP contribution in [0.15, 0.2) is 24.5 Å². The van der Waals surface area contributed by atoms with Crippen molar-refractivity contribution in [3.05, 3.63) is 30.1 Å². The molecular weight excluding hydrogens is 378 g/mol. The zero-order chi connectivity index (χ0) is 20.3. The number of amides is 2. The zero-order valence-corrected chi connectivity index (χ0v) is 17.5. The summed E-state index contributed by atoms with van der Waals surface area (Å²) in [6.45, 7) is 2.80. The minimum absolute atomic E-state index is 0.0691. The van der Waals surface area contributed by atoms with Gasteiger partial charge in [0.25, 0.3) is 5.91 Å². The summed E-state index contributed by atoms with van der Waals surface area (Å²) in [5, 5.41) is 3.06. The quantitative estimate of drug-likeness (QED) is 0.829. The van der Waals surface area contributed by atoms with E-state index in [1.165, 1.54) is 19.3 Å². The summed E-state index contributed by atoms with van der Waals surface area (Å²) in [4.78, 5) is 32.2. The normalized spacial score (nSPS) is 41.1. The van der Waals surface area contributed by atoms with Gasteiger partial charge in [0.15, 0.2) is 0 Å². The Balaban J connectivity index is 1.09. The van der Waals surface area contributed by atoms with Crippen LogP contribution in [0.2, 0.25) is 0 Å². The first-order valence-electron chi connectivity index (χ1n) is 11.7. The summed E-state index contributed by atoms with van der Waals surface area (Å²) < 4.78 is 6.07. The Kier molecular flexibility index (Phi) is 4.41. The lowest BCUT2D eigenvalue weighted by Gasteiger charge is -2.56. The van der Waals surface area contributed by atoms with Crippen molar-refractivity contribution in [1.29, 1.82) is 0 Å². The molecule has 2 amide bonds. The van der Waals surface area contributed by atoms with Crippen molar-refractivity contribution in [3.8, 4) is 0 Å². The van der Waals surface area contributed by atoms with Crippen LogP contribution in [0.25, 0.3) is 0 Å². The Morgan fingerprint density at radius 3 is 2.40 bits per heavy atom. The first kappa shape index (κ1) is 18.8. The molecule has 0 spiro atoms. The van der Waals surface area contributed by atoms with E-state index in [9.17, 15) is 9.59 Å². The van der Waals surface area contributed by atoms with Gasteiger partial charge in [-0.25, -0.2) is 0 Å². The summed E-state index contributed by atoms with van der Waals surface area (Å²) in [6.07, 6.45) is 10.8. The number of carbonyl (C=O) groups excluding carboxylic acids is 2. The molecule has 0 aromatic carbocycles. The van der Waals surface area contributed by atoms with Gasteiger partial charge in [0.1, 0.15) is 0 Å². The van der Waals surface area contributed by atoms with Gasteiger partial charge in [0.2, 0.25) is 5.91 Å². The first-order chi connectivity index (χ1) is 14.6. The lowest BCUT2D eigenvalue weighted by Crippen LogP contribution is -2.54. The fourth-order valence-electron chi connectivity index (χ4n) is 7.71. The number of fused-ring (bicyclic) bond motifs is 1. The van der Waals surface area contributed by atoms with Crippen molar-refractivity contribution in [2.75, 3.05) is 26.2 Å². The Morgan fingerprint density at radius 1 is 1.07 bits per heavy atom. The Morgan fingerprint density at radius 2 is 1.73 bits per heavy atom. The third-order valence-electron chi connectivity index (χ3n) is 8.69. The maximum atomic E-state index is 13.7.